The van der Waals surface area contributed by atoms with E-state index in [1.54, 1.807) is 0 Å². The fraction of sp³-hybridized carbons (Fsp3) is 0.375. The molecule has 1 aliphatic rings. The van der Waals surface area contributed by atoms with Crippen molar-refractivity contribution in [2.75, 3.05) is 0 Å². The topological polar surface area (TPSA) is 50.2 Å². The Morgan fingerprint density at radius 1 is 1.21 bits per heavy atom. The quantitative estimate of drug-likeness (QED) is 0.889. The molecule has 1 aliphatic carbocycles. The van der Waals surface area contributed by atoms with E-state index in [9.17, 15) is 9.90 Å². The maximum absolute atomic E-state index is 11.7. The Bertz CT molecular complexity index is 700. The van der Waals surface area contributed by atoms with Crippen molar-refractivity contribution < 1.29 is 9.90 Å². The number of aromatic carboxylic acids is 1. The van der Waals surface area contributed by atoms with Crippen molar-refractivity contribution >= 4 is 16.9 Å². The summed E-state index contributed by atoms with van der Waals surface area (Å²) in [7, 11) is 0. The molecule has 0 radical (unpaired) electrons. The summed E-state index contributed by atoms with van der Waals surface area (Å²) in [6.45, 7) is 5.84. The molecular formula is C16H17NO2. The zero-order chi connectivity index (χ0) is 13.7. The van der Waals surface area contributed by atoms with Crippen LogP contribution >= 0.6 is 0 Å². The molecule has 3 rings (SSSR count). The second-order valence-corrected chi connectivity index (χ2v) is 5.50. The standard InChI is InChI=1S/C16H17NO2/c1-8-4-5-9(2)14-12(8)13(16(18)19)10(3)15(17-14)11-6-7-11/h4-5,11H,6-7H2,1-3H3,(H,18,19). The first-order valence-corrected chi connectivity index (χ1v) is 6.64. The van der Waals surface area contributed by atoms with Crippen LogP contribution in [0.15, 0.2) is 12.1 Å². The van der Waals surface area contributed by atoms with E-state index in [0.29, 0.717) is 11.5 Å². The van der Waals surface area contributed by atoms with Crippen molar-refractivity contribution in [2.24, 2.45) is 0 Å². The van der Waals surface area contributed by atoms with Crippen LogP contribution in [-0.2, 0) is 0 Å². The smallest absolute Gasteiger partial charge is 0.336 e. The van der Waals surface area contributed by atoms with Crippen molar-refractivity contribution in [3.63, 3.8) is 0 Å². The Kier molecular flexibility index (Phi) is 2.59. The monoisotopic (exact) mass is 255 g/mol. The molecule has 1 aromatic carbocycles. The number of aryl methyl sites for hydroxylation is 2. The molecule has 3 nitrogen and oxygen atoms in total. The predicted octanol–water partition coefficient (Wildman–Crippen LogP) is 3.74. The van der Waals surface area contributed by atoms with Crippen LogP contribution in [0.1, 0.15) is 51.5 Å². The largest absolute Gasteiger partial charge is 0.478 e. The number of carboxylic acids is 1. The lowest BCUT2D eigenvalue weighted by molar-refractivity contribution is 0.0698. The van der Waals surface area contributed by atoms with E-state index in [1.165, 1.54) is 0 Å². The summed E-state index contributed by atoms with van der Waals surface area (Å²) in [5.74, 6) is -0.386. The Morgan fingerprint density at radius 2 is 1.84 bits per heavy atom. The van der Waals surface area contributed by atoms with E-state index in [2.05, 4.69) is 0 Å². The maximum atomic E-state index is 11.7. The van der Waals surface area contributed by atoms with Crippen molar-refractivity contribution in [2.45, 2.75) is 39.5 Å². The van der Waals surface area contributed by atoms with Crippen molar-refractivity contribution in [1.82, 2.24) is 4.98 Å². The van der Waals surface area contributed by atoms with Gasteiger partial charge in [-0.15, -0.1) is 0 Å². The first-order chi connectivity index (χ1) is 9.00. The molecule has 0 aliphatic heterocycles. The summed E-state index contributed by atoms with van der Waals surface area (Å²) < 4.78 is 0. The molecule has 19 heavy (non-hydrogen) atoms. The van der Waals surface area contributed by atoms with Crippen LogP contribution in [0.2, 0.25) is 0 Å². The number of pyridine rings is 1. The summed E-state index contributed by atoms with van der Waals surface area (Å²) in [4.78, 5) is 16.4. The zero-order valence-electron chi connectivity index (χ0n) is 11.4. The first-order valence-electron chi connectivity index (χ1n) is 6.64. The second-order valence-electron chi connectivity index (χ2n) is 5.50. The normalized spacial score (nSPS) is 14.9. The molecule has 1 N–H and O–H groups in total. The van der Waals surface area contributed by atoms with Gasteiger partial charge in [-0.2, -0.15) is 0 Å². The SMILES string of the molecule is Cc1c(C2CC2)nc2c(C)ccc(C)c2c1C(=O)O. The number of aromatic nitrogens is 1. The van der Waals surface area contributed by atoms with Crippen molar-refractivity contribution in [3.8, 4) is 0 Å². The molecule has 2 aromatic rings. The molecule has 0 amide bonds. The average molecular weight is 255 g/mol. The third kappa shape index (κ3) is 1.81. The van der Waals surface area contributed by atoms with Gasteiger partial charge >= 0.3 is 5.97 Å². The number of benzene rings is 1. The van der Waals surface area contributed by atoms with Crippen LogP contribution in [0.3, 0.4) is 0 Å². The van der Waals surface area contributed by atoms with E-state index >= 15 is 0 Å². The van der Waals surface area contributed by atoms with E-state index in [1.807, 2.05) is 32.9 Å². The highest BCUT2D eigenvalue weighted by Gasteiger charge is 2.30. The van der Waals surface area contributed by atoms with Crippen molar-refractivity contribution in [3.05, 3.63) is 40.1 Å². The number of fused-ring (bicyclic) bond motifs is 1. The zero-order valence-corrected chi connectivity index (χ0v) is 11.4. The van der Waals surface area contributed by atoms with Gasteiger partial charge in [0.1, 0.15) is 0 Å². The van der Waals surface area contributed by atoms with Gasteiger partial charge in [-0.05, 0) is 50.3 Å². The number of hydrogen-bond acceptors (Lipinski definition) is 2. The highest BCUT2D eigenvalue weighted by molar-refractivity contribution is 6.06. The van der Waals surface area contributed by atoms with Crippen molar-refractivity contribution in [1.29, 1.82) is 0 Å². The van der Waals surface area contributed by atoms with Gasteiger partial charge in [0.25, 0.3) is 0 Å². The number of carbonyl (C=O) groups is 1. The third-order valence-corrected chi connectivity index (χ3v) is 4.01. The molecule has 0 saturated heterocycles. The molecule has 0 spiro atoms. The van der Waals surface area contributed by atoms with E-state index in [0.717, 1.165) is 46.1 Å². The van der Waals surface area contributed by atoms with E-state index in [-0.39, 0.29) is 0 Å². The van der Waals surface area contributed by atoms with Gasteiger partial charge in [0.15, 0.2) is 0 Å². The van der Waals surface area contributed by atoms with Gasteiger partial charge in [0.05, 0.1) is 11.1 Å². The van der Waals surface area contributed by atoms with E-state index in [4.69, 9.17) is 4.98 Å². The molecule has 0 unspecified atom stereocenters. The first kappa shape index (κ1) is 12.2. The van der Waals surface area contributed by atoms with Gasteiger partial charge < -0.3 is 5.11 Å². The third-order valence-electron chi connectivity index (χ3n) is 4.01. The Balaban J connectivity index is 2.48. The minimum Gasteiger partial charge on any atom is -0.478 e. The average Bonchev–Trinajstić information content (AvgIpc) is 3.17. The van der Waals surface area contributed by atoms with Gasteiger partial charge in [0.2, 0.25) is 0 Å². The highest BCUT2D eigenvalue weighted by atomic mass is 16.4. The molecule has 0 bridgehead atoms. The van der Waals surface area contributed by atoms with Gasteiger partial charge in [-0.25, -0.2) is 4.79 Å². The summed E-state index contributed by atoms with van der Waals surface area (Å²) in [6, 6.07) is 3.99. The molecule has 1 fully saturated rings. The lowest BCUT2D eigenvalue weighted by Crippen LogP contribution is -2.08. The summed E-state index contributed by atoms with van der Waals surface area (Å²) in [6.07, 6.45) is 2.26. The van der Waals surface area contributed by atoms with Crippen LogP contribution in [-0.4, -0.2) is 16.1 Å². The fourth-order valence-electron chi connectivity index (χ4n) is 2.80. The minimum absolute atomic E-state index is 0.438. The van der Waals surface area contributed by atoms with Crippen LogP contribution in [0.4, 0.5) is 0 Å². The number of nitrogens with zero attached hydrogens (tertiary/aromatic N) is 1. The summed E-state index contributed by atoms with van der Waals surface area (Å²) >= 11 is 0. The Labute approximate surface area is 112 Å². The second kappa shape index (κ2) is 4.05. The van der Waals surface area contributed by atoms with Crippen LogP contribution < -0.4 is 0 Å². The summed E-state index contributed by atoms with van der Waals surface area (Å²) in [5, 5.41) is 10.4. The van der Waals surface area contributed by atoms with Crippen LogP contribution in [0.5, 0.6) is 0 Å². The molecule has 1 aromatic heterocycles. The molecule has 1 saturated carbocycles. The van der Waals surface area contributed by atoms with Gasteiger partial charge in [0, 0.05) is 17.0 Å². The van der Waals surface area contributed by atoms with E-state index < -0.39 is 5.97 Å². The molecule has 3 heteroatoms. The predicted molar refractivity (Wildman–Crippen MR) is 74.9 cm³/mol. The fourth-order valence-corrected chi connectivity index (χ4v) is 2.80. The molecule has 98 valence electrons. The molecule has 0 atom stereocenters. The Morgan fingerprint density at radius 3 is 2.42 bits per heavy atom. The highest BCUT2D eigenvalue weighted by Crippen LogP contribution is 2.43. The van der Waals surface area contributed by atoms with Crippen LogP contribution in [0, 0.1) is 20.8 Å². The minimum atomic E-state index is -0.847. The van der Waals surface area contributed by atoms with Gasteiger partial charge in [-0.3, -0.25) is 4.98 Å². The van der Waals surface area contributed by atoms with Crippen LogP contribution in [0.25, 0.3) is 10.9 Å². The molecule has 1 heterocycles. The maximum Gasteiger partial charge on any atom is 0.336 e. The lowest BCUT2D eigenvalue weighted by atomic mass is 9.95. The van der Waals surface area contributed by atoms with Gasteiger partial charge in [-0.1, -0.05) is 12.1 Å². The molecular weight excluding hydrogens is 238 g/mol. The Hall–Kier alpha value is -1.90. The summed E-state index contributed by atoms with van der Waals surface area (Å²) in [5.41, 5.74) is 5.15. The number of rotatable bonds is 2. The number of carboxylic acid groups (broad SMARTS) is 1. The number of hydrogen-bond donors (Lipinski definition) is 1. The lowest BCUT2D eigenvalue weighted by Gasteiger charge is -2.14.